The fourth-order valence-electron chi connectivity index (χ4n) is 2.50. The van der Waals surface area contributed by atoms with Crippen LogP contribution in [0.2, 0.25) is 0 Å². The maximum Gasteiger partial charge on any atom is 0.305 e. The van der Waals surface area contributed by atoms with Crippen LogP contribution >= 0.6 is 11.6 Å². The first-order valence-corrected chi connectivity index (χ1v) is 7.72. The molecule has 2 aromatic rings. The Kier molecular flexibility index (Phi) is 5.22. The Morgan fingerprint density at radius 1 is 1.43 bits per heavy atom. The summed E-state index contributed by atoms with van der Waals surface area (Å²) < 4.78 is 8.89. The van der Waals surface area contributed by atoms with Crippen LogP contribution in [0.25, 0.3) is 11.2 Å². The Balaban J connectivity index is 2.19. The Morgan fingerprint density at radius 2 is 2.19 bits per heavy atom. The molecule has 0 fully saturated rings. The highest BCUT2D eigenvalue weighted by Crippen LogP contribution is 2.20. The Bertz CT molecular complexity index is 632. The van der Waals surface area contributed by atoms with Crippen molar-refractivity contribution in [3.05, 3.63) is 11.5 Å². The predicted molar refractivity (Wildman–Crippen MR) is 81.5 cm³/mol. The third-order valence-corrected chi connectivity index (χ3v) is 3.54. The summed E-state index contributed by atoms with van der Waals surface area (Å²) in [5.41, 5.74) is 2.80. The number of alkyl halides is 1. The molecule has 0 spiro atoms. The minimum Gasteiger partial charge on any atom is -0.466 e. The maximum absolute atomic E-state index is 11.4. The summed E-state index contributed by atoms with van der Waals surface area (Å²) in [6, 6.07) is 0. The number of hydrogen-bond donors (Lipinski definition) is 0. The van der Waals surface area contributed by atoms with Crippen molar-refractivity contribution in [1.82, 2.24) is 19.3 Å². The predicted octanol–water partition coefficient (Wildman–Crippen LogP) is 2.20. The summed E-state index contributed by atoms with van der Waals surface area (Å²) in [6.07, 6.45) is 1.82. The molecule has 0 N–H and O–H groups in total. The number of hydrogen-bond acceptors (Lipinski definition) is 4. The van der Waals surface area contributed by atoms with Gasteiger partial charge < -0.3 is 9.30 Å². The number of halogens is 1. The average molecular weight is 313 g/mol. The van der Waals surface area contributed by atoms with Crippen LogP contribution in [0.1, 0.15) is 31.3 Å². The number of nitrogens with zero attached hydrogens (tertiary/aromatic N) is 4. The number of imidazole rings is 1. The number of fused-ring (bicyclic) bond motifs is 1. The van der Waals surface area contributed by atoms with Gasteiger partial charge in [-0.1, -0.05) is 0 Å². The molecule has 0 saturated carbocycles. The molecule has 0 aromatic carbocycles. The van der Waals surface area contributed by atoms with Gasteiger partial charge in [0.2, 0.25) is 0 Å². The molecule has 0 unspecified atom stereocenters. The number of carbonyl (C=O) groups is 1. The Morgan fingerprint density at radius 3 is 2.86 bits per heavy atom. The molecule has 116 valence electrons. The highest BCUT2D eigenvalue weighted by Gasteiger charge is 2.17. The van der Waals surface area contributed by atoms with Crippen LogP contribution in [0.15, 0.2) is 0 Å². The van der Waals surface area contributed by atoms with E-state index in [-0.39, 0.29) is 5.97 Å². The summed E-state index contributed by atoms with van der Waals surface area (Å²) in [5.74, 6) is 1.31. The lowest BCUT2D eigenvalue weighted by molar-refractivity contribution is -0.143. The lowest BCUT2D eigenvalue weighted by atomic mass is 10.3. The van der Waals surface area contributed by atoms with Gasteiger partial charge >= 0.3 is 5.97 Å². The molecular formula is C14H21ClN4O2. The smallest absolute Gasteiger partial charge is 0.305 e. The second-order valence-corrected chi connectivity index (χ2v) is 5.29. The van der Waals surface area contributed by atoms with Crippen LogP contribution in [0.4, 0.5) is 0 Å². The van der Waals surface area contributed by atoms with Gasteiger partial charge in [-0.15, -0.1) is 11.6 Å². The molecule has 2 heterocycles. The van der Waals surface area contributed by atoms with Gasteiger partial charge in [-0.3, -0.25) is 9.48 Å². The number of aromatic nitrogens is 4. The molecular weight excluding hydrogens is 292 g/mol. The van der Waals surface area contributed by atoms with Crippen molar-refractivity contribution < 1.29 is 9.53 Å². The second kappa shape index (κ2) is 6.93. The van der Waals surface area contributed by atoms with Gasteiger partial charge in [0, 0.05) is 32.3 Å². The molecule has 0 atom stereocenters. The minimum absolute atomic E-state index is 0.158. The van der Waals surface area contributed by atoms with E-state index in [1.165, 1.54) is 0 Å². The van der Waals surface area contributed by atoms with Crippen molar-refractivity contribution in [2.24, 2.45) is 7.05 Å². The van der Waals surface area contributed by atoms with E-state index in [9.17, 15) is 4.79 Å². The highest BCUT2D eigenvalue weighted by molar-refractivity contribution is 6.17. The molecule has 0 aliphatic rings. The number of aryl methyl sites for hydroxylation is 4. The number of esters is 1. The SMILES string of the molecule is CCOC(=O)CCCn1c(CCCl)nc2c(C)nn(C)c21. The zero-order valence-electron chi connectivity index (χ0n) is 12.7. The van der Waals surface area contributed by atoms with Crippen molar-refractivity contribution in [3.63, 3.8) is 0 Å². The summed E-state index contributed by atoms with van der Waals surface area (Å²) in [6.45, 7) is 4.89. The van der Waals surface area contributed by atoms with Crippen molar-refractivity contribution >= 4 is 28.7 Å². The number of ether oxygens (including phenoxy) is 1. The first-order chi connectivity index (χ1) is 10.1. The lowest BCUT2D eigenvalue weighted by Gasteiger charge is -2.08. The van der Waals surface area contributed by atoms with Gasteiger partial charge in [0.1, 0.15) is 11.3 Å². The van der Waals surface area contributed by atoms with E-state index in [0.717, 1.165) is 22.7 Å². The van der Waals surface area contributed by atoms with Crippen LogP contribution in [-0.2, 0) is 29.5 Å². The molecule has 6 nitrogen and oxygen atoms in total. The zero-order chi connectivity index (χ0) is 15.4. The van der Waals surface area contributed by atoms with E-state index in [1.54, 1.807) is 0 Å². The van der Waals surface area contributed by atoms with E-state index in [0.29, 0.717) is 38.3 Å². The fraction of sp³-hybridized carbons (Fsp3) is 0.643. The van der Waals surface area contributed by atoms with Gasteiger partial charge in [0.25, 0.3) is 0 Å². The lowest BCUT2D eigenvalue weighted by Crippen LogP contribution is -2.10. The summed E-state index contributed by atoms with van der Waals surface area (Å²) in [7, 11) is 1.91. The Labute approximate surface area is 129 Å². The first kappa shape index (κ1) is 15.8. The normalized spacial score (nSPS) is 11.2. The van der Waals surface area contributed by atoms with Crippen LogP contribution in [0.5, 0.6) is 0 Å². The van der Waals surface area contributed by atoms with E-state index >= 15 is 0 Å². The van der Waals surface area contributed by atoms with Gasteiger partial charge in [-0.05, 0) is 20.3 Å². The van der Waals surface area contributed by atoms with Crippen molar-refractivity contribution in [3.8, 4) is 0 Å². The molecule has 0 bridgehead atoms. The topological polar surface area (TPSA) is 61.9 Å². The van der Waals surface area contributed by atoms with E-state index in [2.05, 4.69) is 14.6 Å². The molecule has 0 aliphatic carbocycles. The maximum atomic E-state index is 11.4. The summed E-state index contributed by atoms with van der Waals surface area (Å²) in [4.78, 5) is 16.1. The van der Waals surface area contributed by atoms with Crippen LogP contribution < -0.4 is 0 Å². The van der Waals surface area contributed by atoms with Gasteiger partial charge in [0.05, 0.1) is 12.3 Å². The third-order valence-electron chi connectivity index (χ3n) is 3.36. The third kappa shape index (κ3) is 3.37. The molecule has 2 rings (SSSR count). The zero-order valence-corrected chi connectivity index (χ0v) is 13.5. The summed E-state index contributed by atoms with van der Waals surface area (Å²) in [5, 5.41) is 4.39. The largest absolute Gasteiger partial charge is 0.466 e. The van der Waals surface area contributed by atoms with E-state index in [4.69, 9.17) is 16.3 Å². The molecule has 0 saturated heterocycles. The molecule has 0 aliphatic heterocycles. The van der Waals surface area contributed by atoms with Crippen molar-refractivity contribution in [2.45, 2.75) is 39.7 Å². The van der Waals surface area contributed by atoms with Crippen molar-refractivity contribution in [2.75, 3.05) is 12.5 Å². The van der Waals surface area contributed by atoms with Gasteiger partial charge in [0.15, 0.2) is 5.65 Å². The molecule has 7 heteroatoms. The van der Waals surface area contributed by atoms with E-state index < -0.39 is 0 Å². The number of rotatable bonds is 7. The molecule has 21 heavy (non-hydrogen) atoms. The van der Waals surface area contributed by atoms with E-state index in [1.807, 2.05) is 25.6 Å². The second-order valence-electron chi connectivity index (χ2n) is 4.91. The van der Waals surface area contributed by atoms with Gasteiger partial charge in [-0.25, -0.2) is 4.98 Å². The standard InChI is InChI=1S/C14H21ClN4O2/c1-4-21-12(20)6-5-9-19-11(7-8-15)16-13-10(2)17-18(3)14(13)19/h4-9H2,1-3H3. The number of carbonyl (C=O) groups excluding carboxylic acids is 1. The quantitative estimate of drug-likeness (QED) is 0.581. The molecule has 2 aromatic heterocycles. The summed E-state index contributed by atoms with van der Waals surface area (Å²) >= 11 is 5.86. The highest BCUT2D eigenvalue weighted by atomic mass is 35.5. The van der Waals surface area contributed by atoms with Gasteiger partial charge in [-0.2, -0.15) is 5.10 Å². The monoisotopic (exact) mass is 312 g/mol. The van der Waals surface area contributed by atoms with Crippen LogP contribution in [0, 0.1) is 6.92 Å². The van der Waals surface area contributed by atoms with Crippen LogP contribution in [0.3, 0.4) is 0 Å². The van der Waals surface area contributed by atoms with Crippen molar-refractivity contribution in [1.29, 1.82) is 0 Å². The molecule has 0 amide bonds. The average Bonchev–Trinajstić information content (AvgIpc) is 2.91. The Hall–Kier alpha value is -1.56. The fourth-order valence-corrected chi connectivity index (χ4v) is 2.67. The van der Waals surface area contributed by atoms with Crippen LogP contribution in [-0.4, -0.2) is 37.8 Å². The minimum atomic E-state index is -0.158. The first-order valence-electron chi connectivity index (χ1n) is 7.18. The molecule has 0 radical (unpaired) electrons.